The number of nitrogens with zero attached hydrogens (tertiary/aromatic N) is 1. The molecule has 2 heteroatoms. The molecule has 1 aliphatic rings. The lowest BCUT2D eigenvalue weighted by Crippen LogP contribution is -2.60. The first-order valence-electron chi connectivity index (χ1n) is 7.12. The van der Waals surface area contributed by atoms with Crippen LogP contribution in [0.25, 0.3) is 0 Å². The molecule has 0 heterocycles. The van der Waals surface area contributed by atoms with Gasteiger partial charge in [-0.05, 0) is 37.1 Å². The second kappa shape index (κ2) is 5.27. The molecule has 2 nitrogen and oxygen atoms in total. The Kier molecular flexibility index (Phi) is 4.65. The quantitative estimate of drug-likeness (QED) is 0.821. The van der Waals surface area contributed by atoms with Crippen LogP contribution in [0.3, 0.4) is 0 Å². The first-order chi connectivity index (χ1) is 7.71. The van der Waals surface area contributed by atoms with Crippen molar-refractivity contribution < 1.29 is 0 Å². The topological polar surface area (TPSA) is 29.3 Å². The van der Waals surface area contributed by atoms with E-state index in [0.29, 0.717) is 5.41 Å². The molecule has 0 radical (unpaired) electrons. The van der Waals surface area contributed by atoms with Gasteiger partial charge in [-0.25, -0.2) is 0 Å². The van der Waals surface area contributed by atoms with Gasteiger partial charge in [-0.3, -0.25) is 4.90 Å². The van der Waals surface area contributed by atoms with Crippen LogP contribution in [0.2, 0.25) is 0 Å². The smallest absolute Gasteiger partial charge is 0.0356 e. The molecule has 1 aliphatic carbocycles. The van der Waals surface area contributed by atoms with Crippen molar-refractivity contribution in [3.8, 4) is 0 Å². The summed E-state index contributed by atoms with van der Waals surface area (Å²) >= 11 is 0. The second-order valence-electron chi connectivity index (χ2n) is 7.51. The molecular weight excluding hydrogens is 208 g/mol. The van der Waals surface area contributed by atoms with Crippen molar-refractivity contribution in [2.45, 2.75) is 59.4 Å². The zero-order valence-corrected chi connectivity index (χ0v) is 12.7. The summed E-state index contributed by atoms with van der Waals surface area (Å²) in [5.41, 5.74) is 6.74. The van der Waals surface area contributed by atoms with Gasteiger partial charge in [0.15, 0.2) is 0 Å². The largest absolute Gasteiger partial charge is 0.329 e. The summed E-state index contributed by atoms with van der Waals surface area (Å²) in [6, 6.07) is 0. The molecule has 0 saturated heterocycles. The maximum Gasteiger partial charge on any atom is 0.0356 e. The van der Waals surface area contributed by atoms with Crippen molar-refractivity contribution in [1.29, 1.82) is 0 Å². The Bertz CT molecular complexity index is 244. The number of rotatable bonds is 3. The van der Waals surface area contributed by atoms with Gasteiger partial charge in [-0.15, -0.1) is 0 Å². The maximum absolute atomic E-state index is 6.17. The van der Waals surface area contributed by atoms with Gasteiger partial charge >= 0.3 is 0 Å². The SMILES string of the molecule is CC1CCC(C)C(CN)(N(C)CC(C)(C)C)C1. The highest BCUT2D eigenvalue weighted by atomic mass is 15.2. The van der Waals surface area contributed by atoms with Crippen LogP contribution in [-0.2, 0) is 0 Å². The standard InChI is InChI=1S/C15H32N2/c1-12-7-8-13(2)15(9-12,10-16)17(6)11-14(3,4)5/h12-13H,7-11,16H2,1-6H3. The summed E-state index contributed by atoms with van der Waals surface area (Å²) in [5, 5.41) is 0. The Balaban J connectivity index is 2.85. The summed E-state index contributed by atoms with van der Waals surface area (Å²) < 4.78 is 0. The van der Waals surface area contributed by atoms with Crippen molar-refractivity contribution in [2.24, 2.45) is 23.0 Å². The Morgan fingerprint density at radius 1 is 1.24 bits per heavy atom. The normalized spacial score (nSPS) is 35.3. The Morgan fingerprint density at radius 2 is 1.82 bits per heavy atom. The molecule has 1 saturated carbocycles. The summed E-state index contributed by atoms with van der Waals surface area (Å²) in [6.45, 7) is 13.6. The Morgan fingerprint density at radius 3 is 2.29 bits per heavy atom. The van der Waals surface area contributed by atoms with Crippen LogP contribution in [0.15, 0.2) is 0 Å². The van der Waals surface area contributed by atoms with Gasteiger partial charge in [0.05, 0.1) is 0 Å². The van der Waals surface area contributed by atoms with Crippen LogP contribution in [0.1, 0.15) is 53.9 Å². The number of hydrogen-bond donors (Lipinski definition) is 1. The minimum Gasteiger partial charge on any atom is -0.329 e. The fourth-order valence-corrected chi connectivity index (χ4v) is 3.55. The van der Waals surface area contributed by atoms with Gasteiger partial charge in [0.2, 0.25) is 0 Å². The average Bonchev–Trinajstić information content (AvgIpc) is 2.19. The highest BCUT2D eigenvalue weighted by Gasteiger charge is 2.43. The van der Waals surface area contributed by atoms with Gasteiger partial charge in [0, 0.05) is 18.6 Å². The number of likely N-dealkylation sites (N-methyl/N-ethyl adjacent to an activating group) is 1. The van der Waals surface area contributed by atoms with E-state index in [0.717, 1.165) is 24.9 Å². The van der Waals surface area contributed by atoms with Crippen LogP contribution in [0.5, 0.6) is 0 Å². The van der Waals surface area contributed by atoms with Crippen LogP contribution in [0, 0.1) is 17.3 Å². The third kappa shape index (κ3) is 3.45. The predicted molar refractivity (Wildman–Crippen MR) is 76.0 cm³/mol. The lowest BCUT2D eigenvalue weighted by Gasteiger charge is -2.52. The van der Waals surface area contributed by atoms with E-state index in [-0.39, 0.29) is 5.54 Å². The molecule has 0 bridgehead atoms. The third-order valence-corrected chi connectivity index (χ3v) is 4.54. The first kappa shape index (κ1) is 15.0. The van der Waals surface area contributed by atoms with E-state index in [1.54, 1.807) is 0 Å². The molecule has 0 aliphatic heterocycles. The van der Waals surface area contributed by atoms with Crippen LogP contribution < -0.4 is 5.73 Å². The van der Waals surface area contributed by atoms with Crippen molar-refractivity contribution in [3.63, 3.8) is 0 Å². The molecule has 0 spiro atoms. The van der Waals surface area contributed by atoms with E-state index >= 15 is 0 Å². The van der Waals surface area contributed by atoms with E-state index < -0.39 is 0 Å². The first-order valence-corrected chi connectivity index (χ1v) is 7.12. The van der Waals surface area contributed by atoms with Crippen LogP contribution in [-0.4, -0.2) is 30.6 Å². The second-order valence-corrected chi connectivity index (χ2v) is 7.51. The third-order valence-electron chi connectivity index (χ3n) is 4.54. The number of nitrogens with two attached hydrogens (primary N) is 1. The summed E-state index contributed by atoms with van der Waals surface area (Å²) in [5.74, 6) is 1.54. The van der Waals surface area contributed by atoms with E-state index in [9.17, 15) is 0 Å². The van der Waals surface area contributed by atoms with Crippen LogP contribution >= 0.6 is 0 Å². The van der Waals surface area contributed by atoms with Gasteiger partial charge in [-0.2, -0.15) is 0 Å². The van der Waals surface area contributed by atoms with Crippen molar-refractivity contribution >= 4 is 0 Å². The van der Waals surface area contributed by atoms with Crippen molar-refractivity contribution in [1.82, 2.24) is 4.90 Å². The molecule has 1 rings (SSSR count). The molecule has 3 unspecified atom stereocenters. The van der Waals surface area contributed by atoms with Crippen molar-refractivity contribution in [2.75, 3.05) is 20.1 Å². The predicted octanol–water partition coefficient (Wildman–Crippen LogP) is 3.12. The lowest BCUT2D eigenvalue weighted by molar-refractivity contribution is -0.00378. The molecule has 0 amide bonds. The molecule has 17 heavy (non-hydrogen) atoms. The van der Waals surface area contributed by atoms with E-state index in [4.69, 9.17) is 5.73 Å². The van der Waals surface area contributed by atoms with Gasteiger partial charge in [0.25, 0.3) is 0 Å². The highest BCUT2D eigenvalue weighted by molar-refractivity contribution is 4.99. The fraction of sp³-hybridized carbons (Fsp3) is 1.00. The average molecular weight is 240 g/mol. The monoisotopic (exact) mass is 240 g/mol. The van der Waals surface area contributed by atoms with Crippen molar-refractivity contribution in [3.05, 3.63) is 0 Å². The zero-order valence-electron chi connectivity index (χ0n) is 12.7. The fourth-order valence-electron chi connectivity index (χ4n) is 3.55. The maximum atomic E-state index is 6.17. The van der Waals surface area contributed by atoms with Gasteiger partial charge in [0.1, 0.15) is 0 Å². The summed E-state index contributed by atoms with van der Waals surface area (Å²) in [7, 11) is 2.27. The van der Waals surface area contributed by atoms with Gasteiger partial charge in [-0.1, -0.05) is 41.0 Å². The minimum atomic E-state index is 0.227. The molecule has 0 aromatic heterocycles. The van der Waals surface area contributed by atoms with Crippen LogP contribution in [0.4, 0.5) is 0 Å². The number of hydrogen-bond acceptors (Lipinski definition) is 2. The van der Waals surface area contributed by atoms with E-state index in [2.05, 4.69) is 46.6 Å². The lowest BCUT2D eigenvalue weighted by atomic mass is 9.68. The summed E-state index contributed by atoms with van der Waals surface area (Å²) in [6.07, 6.45) is 3.95. The Hall–Kier alpha value is -0.0800. The van der Waals surface area contributed by atoms with E-state index in [1.165, 1.54) is 19.3 Å². The highest BCUT2D eigenvalue weighted by Crippen LogP contribution is 2.40. The molecule has 1 fully saturated rings. The van der Waals surface area contributed by atoms with E-state index in [1.807, 2.05) is 0 Å². The Labute approximate surface area is 108 Å². The summed E-state index contributed by atoms with van der Waals surface area (Å²) in [4.78, 5) is 2.55. The molecule has 3 atom stereocenters. The minimum absolute atomic E-state index is 0.227. The molecule has 0 aromatic carbocycles. The zero-order chi connectivity index (χ0) is 13.3. The molecule has 2 N–H and O–H groups in total. The van der Waals surface area contributed by atoms with Gasteiger partial charge < -0.3 is 5.73 Å². The molecular formula is C15H32N2. The molecule has 102 valence electrons. The molecule has 0 aromatic rings.